The van der Waals surface area contributed by atoms with Crippen molar-refractivity contribution in [3.8, 4) is 11.4 Å². The van der Waals surface area contributed by atoms with E-state index in [2.05, 4.69) is 20.4 Å². The van der Waals surface area contributed by atoms with Gasteiger partial charge in [0.25, 0.3) is 0 Å². The van der Waals surface area contributed by atoms with Gasteiger partial charge in [0.05, 0.1) is 6.04 Å². The first-order valence-electron chi connectivity index (χ1n) is 7.31. The third kappa shape index (κ3) is 1.85. The minimum Gasteiger partial charge on any atom is -0.337 e. The van der Waals surface area contributed by atoms with E-state index in [4.69, 9.17) is 4.52 Å². The van der Waals surface area contributed by atoms with Gasteiger partial charge in [-0.15, -0.1) is 0 Å². The Morgan fingerprint density at radius 3 is 3.20 bits per heavy atom. The van der Waals surface area contributed by atoms with Crippen molar-refractivity contribution < 1.29 is 4.52 Å². The van der Waals surface area contributed by atoms with Crippen molar-refractivity contribution in [3.63, 3.8) is 0 Å². The topological polar surface area (TPSA) is 63.8 Å². The predicted molar refractivity (Wildman–Crippen MR) is 73.8 cm³/mol. The number of aryl methyl sites for hydroxylation is 1. The molecule has 3 heterocycles. The second-order valence-electron chi connectivity index (χ2n) is 5.89. The zero-order chi connectivity index (χ0) is 13.5. The summed E-state index contributed by atoms with van der Waals surface area (Å²) in [4.78, 5) is 8.72. The summed E-state index contributed by atoms with van der Waals surface area (Å²) < 4.78 is 5.52. The molecule has 1 N–H and O–H groups in total. The maximum Gasteiger partial charge on any atom is 0.244 e. The summed E-state index contributed by atoms with van der Waals surface area (Å²) in [5, 5.41) is 7.70. The molecule has 0 aromatic carbocycles. The van der Waals surface area contributed by atoms with Crippen molar-refractivity contribution in [2.45, 2.75) is 32.2 Å². The average molecular weight is 270 g/mol. The van der Waals surface area contributed by atoms with E-state index in [-0.39, 0.29) is 6.04 Å². The number of nitrogens with one attached hydrogen (secondary N) is 1. The van der Waals surface area contributed by atoms with Gasteiger partial charge in [0, 0.05) is 18.0 Å². The minimum absolute atomic E-state index is 0.242. The van der Waals surface area contributed by atoms with E-state index in [9.17, 15) is 0 Å². The van der Waals surface area contributed by atoms with Crippen LogP contribution in [0.2, 0.25) is 0 Å². The van der Waals surface area contributed by atoms with E-state index in [1.165, 1.54) is 19.3 Å². The quantitative estimate of drug-likeness (QED) is 0.908. The lowest BCUT2D eigenvalue weighted by Gasteiger charge is -2.13. The summed E-state index contributed by atoms with van der Waals surface area (Å²) in [6.07, 6.45) is 7.52. The Morgan fingerprint density at radius 1 is 1.35 bits per heavy atom. The largest absolute Gasteiger partial charge is 0.337 e. The van der Waals surface area contributed by atoms with Gasteiger partial charge in [-0.1, -0.05) is 11.6 Å². The van der Waals surface area contributed by atoms with Gasteiger partial charge >= 0.3 is 0 Å². The molecule has 104 valence electrons. The summed E-state index contributed by atoms with van der Waals surface area (Å²) in [5.41, 5.74) is 2.06. The van der Waals surface area contributed by atoms with E-state index in [0.717, 1.165) is 29.5 Å². The number of pyridine rings is 1. The maximum atomic E-state index is 5.52. The van der Waals surface area contributed by atoms with Crippen molar-refractivity contribution in [3.05, 3.63) is 29.9 Å². The molecule has 5 heteroatoms. The van der Waals surface area contributed by atoms with Crippen LogP contribution in [-0.4, -0.2) is 21.7 Å². The molecule has 4 rings (SSSR count). The molecule has 20 heavy (non-hydrogen) atoms. The highest BCUT2D eigenvalue weighted by molar-refractivity contribution is 5.58. The Bertz CT molecular complexity index is 624. The third-order valence-corrected chi connectivity index (χ3v) is 4.71. The average Bonchev–Trinajstić information content (AvgIpc) is 3.14. The zero-order valence-electron chi connectivity index (χ0n) is 11.5. The fraction of sp³-hybridized carbons (Fsp3) is 0.533. The van der Waals surface area contributed by atoms with Crippen molar-refractivity contribution in [1.82, 2.24) is 20.4 Å². The molecule has 0 bridgehead atoms. The highest BCUT2D eigenvalue weighted by Crippen LogP contribution is 2.44. The molecule has 1 aliphatic carbocycles. The molecule has 2 aromatic heterocycles. The summed E-state index contributed by atoms with van der Waals surface area (Å²) in [6, 6.07) is 2.18. The Morgan fingerprint density at radius 2 is 2.30 bits per heavy atom. The van der Waals surface area contributed by atoms with Crippen molar-refractivity contribution >= 4 is 0 Å². The normalized spacial score (nSPS) is 28.8. The van der Waals surface area contributed by atoms with Gasteiger partial charge in [-0.2, -0.15) is 4.98 Å². The number of hydrogen-bond donors (Lipinski definition) is 1. The van der Waals surface area contributed by atoms with Crippen LogP contribution in [0.5, 0.6) is 0 Å². The van der Waals surface area contributed by atoms with E-state index in [1.54, 1.807) is 6.20 Å². The minimum atomic E-state index is 0.242. The fourth-order valence-corrected chi connectivity index (χ4v) is 3.65. The Kier molecular flexibility index (Phi) is 2.80. The van der Waals surface area contributed by atoms with Crippen LogP contribution in [0, 0.1) is 18.8 Å². The lowest BCUT2D eigenvalue weighted by atomic mass is 9.94. The molecule has 0 amide bonds. The van der Waals surface area contributed by atoms with Crippen LogP contribution < -0.4 is 5.32 Å². The number of aromatic nitrogens is 3. The van der Waals surface area contributed by atoms with Crippen LogP contribution in [0.4, 0.5) is 0 Å². The van der Waals surface area contributed by atoms with Crippen LogP contribution in [-0.2, 0) is 0 Å². The molecule has 2 fully saturated rings. The van der Waals surface area contributed by atoms with Gasteiger partial charge in [-0.3, -0.25) is 4.98 Å². The van der Waals surface area contributed by atoms with Gasteiger partial charge < -0.3 is 9.84 Å². The number of fused-ring (bicyclic) bond motifs is 1. The first-order valence-corrected chi connectivity index (χ1v) is 7.31. The summed E-state index contributed by atoms with van der Waals surface area (Å²) in [7, 11) is 0. The molecular weight excluding hydrogens is 252 g/mol. The maximum absolute atomic E-state index is 5.52. The lowest BCUT2D eigenvalue weighted by molar-refractivity contribution is 0.302. The molecule has 0 spiro atoms. The summed E-state index contributed by atoms with van der Waals surface area (Å²) >= 11 is 0. The molecule has 5 nitrogen and oxygen atoms in total. The number of nitrogens with zero attached hydrogens (tertiary/aromatic N) is 3. The third-order valence-electron chi connectivity index (χ3n) is 4.71. The lowest BCUT2D eigenvalue weighted by Crippen LogP contribution is -2.18. The molecule has 2 aromatic rings. The van der Waals surface area contributed by atoms with Crippen LogP contribution in [0.3, 0.4) is 0 Å². The molecule has 3 unspecified atom stereocenters. The van der Waals surface area contributed by atoms with Gasteiger partial charge in [0.15, 0.2) is 0 Å². The number of hydrogen-bond acceptors (Lipinski definition) is 5. The molecular formula is C15H18N4O. The molecule has 0 radical (unpaired) electrons. The van der Waals surface area contributed by atoms with Crippen molar-refractivity contribution in [1.29, 1.82) is 0 Å². The summed E-state index contributed by atoms with van der Waals surface area (Å²) in [6.45, 7) is 3.10. The molecule has 1 saturated carbocycles. The Labute approximate surface area is 117 Å². The monoisotopic (exact) mass is 270 g/mol. The van der Waals surface area contributed by atoms with Crippen LogP contribution in [0.25, 0.3) is 11.4 Å². The SMILES string of the molecule is Cc1cnccc1-c1noc(C2NCC3CCCC32)n1. The van der Waals surface area contributed by atoms with E-state index in [1.807, 2.05) is 19.2 Å². The van der Waals surface area contributed by atoms with Crippen LogP contribution in [0.15, 0.2) is 23.0 Å². The first kappa shape index (κ1) is 12.0. The van der Waals surface area contributed by atoms with E-state index >= 15 is 0 Å². The second kappa shape index (κ2) is 4.66. The van der Waals surface area contributed by atoms with Crippen LogP contribution >= 0.6 is 0 Å². The second-order valence-corrected chi connectivity index (χ2v) is 5.89. The molecule has 1 saturated heterocycles. The predicted octanol–water partition coefficient (Wildman–Crippen LogP) is 2.50. The Hall–Kier alpha value is -1.75. The van der Waals surface area contributed by atoms with E-state index in [0.29, 0.717) is 11.7 Å². The van der Waals surface area contributed by atoms with Crippen molar-refractivity contribution in [2.24, 2.45) is 11.8 Å². The standard InChI is InChI=1S/C15H18N4O/c1-9-7-16-6-5-11(9)14-18-15(20-19-14)13-12-4-2-3-10(12)8-17-13/h5-7,10,12-13,17H,2-4,8H2,1H3. The first-order chi connectivity index (χ1) is 9.83. The van der Waals surface area contributed by atoms with Gasteiger partial charge in [-0.05, 0) is 49.8 Å². The zero-order valence-corrected chi connectivity index (χ0v) is 11.5. The van der Waals surface area contributed by atoms with Gasteiger partial charge in [0.2, 0.25) is 11.7 Å². The molecule has 2 aliphatic rings. The highest BCUT2D eigenvalue weighted by Gasteiger charge is 2.42. The van der Waals surface area contributed by atoms with Gasteiger partial charge in [0.1, 0.15) is 0 Å². The smallest absolute Gasteiger partial charge is 0.244 e. The number of rotatable bonds is 2. The van der Waals surface area contributed by atoms with E-state index < -0.39 is 0 Å². The molecule has 3 atom stereocenters. The van der Waals surface area contributed by atoms with Gasteiger partial charge in [-0.25, -0.2) is 0 Å². The molecule has 1 aliphatic heterocycles. The highest BCUT2D eigenvalue weighted by atomic mass is 16.5. The fourth-order valence-electron chi connectivity index (χ4n) is 3.65. The summed E-state index contributed by atoms with van der Waals surface area (Å²) in [5.74, 6) is 2.87. The van der Waals surface area contributed by atoms with Crippen molar-refractivity contribution in [2.75, 3.05) is 6.54 Å². The van der Waals surface area contributed by atoms with Crippen LogP contribution in [0.1, 0.15) is 36.8 Å². The Balaban J connectivity index is 1.64.